The molecule has 0 aromatic heterocycles. The Hall–Kier alpha value is -2.37. The minimum Gasteiger partial charge on any atom is -0.342 e. The lowest BCUT2D eigenvalue weighted by molar-refractivity contribution is -0.135. The Bertz CT molecular complexity index is 697. The molecule has 25 heavy (non-hydrogen) atoms. The van der Waals surface area contributed by atoms with Crippen LogP contribution in [0.1, 0.15) is 38.2 Å². The van der Waals surface area contributed by atoms with Gasteiger partial charge >= 0.3 is 0 Å². The predicted molar refractivity (Wildman–Crippen MR) is 96.1 cm³/mol. The molecule has 1 saturated carbocycles. The lowest BCUT2D eigenvalue weighted by Crippen LogP contribution is -2.44. The molecule has 2 N–H and O–H groups in total. The maximum Gasteiger partial charge on any atom is 0.229 e. The lowest BCUT2D eigenvalue weighted by Gasteiger charge is -2.32. The van der Waals surface area contributed by atoms with Crippen molar-refractivity contribution in [2.75, 3.05) is 23.7 Å². The number of carbonyl (C=O) groups is 3. The van der Waals surface area contributed by atoms with Crippen molar-refractivity contribution in [3.8, 4) is 0 Å². The van der Waals surface area contributed by atoms with Gasteiger partial charge in [0, 0.05) is 37.3 Å². The molecule has 1 atom stereocenters. The average molecular weight is 343 g/mol. The molecule has 134 valence electrons. The molecular formula is C19H25N3O3. The molecule has 1 aliphatic carbocycles. The molecule has 3 amide bonds. The van der Waals surface area contributed by atoms with Crippen LogP contribution in [-0.2, 0) is 14.4 Å². The Kier molecular flexibility index (Phi) is 5.06. The van der Waals surface area contributed by atoms with E-state index < -0.39 is 0 Å². The highest BCUT2D eigenvalue weighted by atomic mass is 16.2. The topological polar surface area (TPSA) is 78.5 Å². The second kappa shape index (κ2) is 7.25. The van der Waals surface area contributed by atoms with E-state index in [2.05, 4.69) is 10.6 Å². The summed E-state index contributed by atoms with van der Waals surface area (Å²) in [5.41, 5.74) is 2.29. The minimum atomic E-state index is -0.179. The van der Waals surface area contributed by atoms with Gasteiger partial charge in [0.25, 0.3) is 0 Å². The van der Waals surface area contributed by atoms with Gasteiger partial charge < -0.3 is 15.5 Å². The fraction of sp³-hybridized carbons (Fsp3) is 0.526. The summed E-state index contributed by atoms with van der Waals surface area (Å²) in [5, 5.41) is 5.69. The smallest absolute Gasteiger partial charge is 0.229 e. The van der Waals surface area contributed by atoms with Crippen LogP contribution in [0.4, 0.5) is 11.4 Å². The highest BCUT2D eigenvalue weighted by Gasteiger charge is 2.36. The molecule has 1 saturated heterocycles. The van der Waals surface area contributed by atoms with Gasteiger partial charge in [0.15, 0.2) is 0 Å². The number of likely N-dealkylation sites (tertiary alicyclic amines) is 1. The van der Waals surface area contributed by atoms with Crippen molar-refractivity contribution in [2.45, 2.75) is 39.5 Å². The summed E-state index contributed by atoms with van der Waals surface area (Å²) in [6, 6.07) is 5.46. The summed E-state index contributed by atoms with van der Waals surface area (Å²) in [7, 11) is 0. The third-order valence-electron chi connectivity index (χ3n) is 4.85. The maximum atomic E-state index is 12.6. The second-order valence-corrected chi connectivity index (χ2v) is 7.10. The van der Waals surface area contributed by atoms with Crippen molar-refractivity contribution in [1.29, 1.82) is 0 Å². The van der Waals surface area contributed by atoms with Gasteiger partial charge in [0.05, 0.1) is 5.92 Å². The molecule has 3 rings (SSSR count). The van der Waals surface area contributed by atoms with Crippen LogP contribution < -0.4 is 10.6 Å². The molecule has 0 bridgehead atoms. The van der Waals surface area contributed by atoms with E-state index in [0.717, 1.165) is 37.8 Å². The Labute approximate surface area is 148 Å². The summed E-state index contributed by atoms with van der Waals surface area (Å²) in [4.78, 5) is 37.9. The molecule has 1 aromatic rings. The van der Waals surface area contributed by atoms with E-state index in [1.54, 1.807) is 6.07 Å². The van der Waals surface area contributed by atoms with Crippen LogP contribution in [0.2, 0.25) is 0 Å². The van der Waals surface area contributed by atoms with Crippen LogP contribution in [0, 0.1) is 18.8 Å². The first-order valence-electron chi connectivity index (χ1n) is 8.92. The zero-order chi connectivity index (χ0) is 18.0. The molecule has 6 nitrogen and oxygen atoms in total. The number of aryl methyl sites for hydroxylation is 1. The number of piperidine rings is 1. The first-order chi connectivity index (χ1) is 11.9. The number of nitrogens with one attached hydrogen (secondary N) is 2. The van der Waals surface area contributed by atoms with Gasteiger partial charge in [0.1, 0.15) is 0 Å². The minimum absolute atomic E-state index is 0.0640. The van der Waals surface area contributed by atoms with E-state index in [0.29, 0.717) is 17.9 Å². The Morgan fingerprint density at radius 3 is 2.52 bits per heavy atom. The van der Waals surface area contributed by atoms with E-state index in [1.807, 2.05) is 24.0 Å². The van der Waals surface area contributed by atoms with Crippen molar-refractivity contribution in [3.05, 3.63) is 23.8 Å². The zero-order valence-electron chi connectivity index (χ0n) is 14.8. The molecule has 0 radical (unpaired) electrons. The van der Waals surface area contributed by atoms with E-state index >= 15 is 0 Å². The van der Waals surface area contributed by atoms with Crippen molar-refractivity contribution < 1.29 is 14.4 Å². The average Bonchev–Trinajstić information content (AvgIpc) is 3.42. The first kappa shape index (κ1) is 17.5. The van der Waals surface area contributed by atoms with Gasteiger partial charge in [-0.2, -0.15) is 0 Å². The number of carbonyl (C=O) groups excluding carboxylic acids is 3. The van der Waals surface area contributed by atoms with E-state index in [9.17, 15) is 14.4 Å². The molecule has 6 heteroatoms. The molecule has 2 aliphatic rings. The third-order valence-corrected chi connectivity index (χ3v) is 4.85. The number of hydrogen-bond acceptors (Lipinski definition) is 3. The quantitative estimate of drug-likeness (QED) is 0.882. The SMILES string of the molecule is CC(=O)Nc1cc(NC(=O)C2CCCN(C(=O)C3CC3)C2)ccc1C. The Morgan fingerprint density at radius 2 is 1.84 bits per heavy atom. The van der Waals surface area contributed by atoms with Crippen molar-refractivity contribution >= 4 is 29.1 Å². The van der Waals surface area contributed by atoms with Gasteiger partial charge in [-0.15, -0.1) is 0 Å². The van der Waals surface area contributed by atoms with Crippen LogP contribution in [0.3, 0.4) is 0 Å². The van der Waals surface area contributed by atoms with E-state index in [1.165, 1.54) is 6.92 Å². The zero-order valence-corrected chi connectivity index (χ0v) is 14.8. The van der Waals surface area contributed by atoms with Crippen LogP contribution >= 0.6 is 0 Å². The third kappa shape index (κ3) is 4.38. The largest absolute Gasteiger partial charge is 0.342 e. The van der Waals surface area contributed by atoms with Crippen molar-refractivity contribution in [2.24, 2.45) is 11.8 Å². The van der Waals surface area contributed by atoms with Crippen molar-refractivity contribution in [1.82, 2.24) is 4.90 Å². The number of amides is 3. The number of nitrogens with zero attached hydrogens (tertiary/aromatic N) is 1. The molecule has 0 spiro atoms. The van der Waals surface area contributed by atoms with Crippen LogP contribution in [0.5, 0.6) is 0 Å². The van der Waals surface area contributed by atoms with Gasteiger partial charge in [-0.25, -0.2) is 0 Å². The summed E-state index contributed by atoms with van der Waals surface area (Å²) >= 11 is 0. The predicted octanol–water partition coefficient (Wildman–Crippen LogP) is 2.54. The summed E-state index contributed by atoms with van der Waals surface area (Å²) in [6.45, 7) is 4.62. The number of anilines is 2. The van der Waals surface area contributed by atoms with Crippen LogP contribution in [-0.4, -0.2) is 35.7 Å². The van der Waals surface area contributed by atoms with Gasteiger partial charge in [-0.05, 0) is 50.3 Å². The molecular weight excluding hydrogens is 318 g/mol. The highest BCUT2D eigenvalue weighted by Crippen LogP contribution is 2.32. The summed E-state index contributed by atoms with van der Waals surface area (Å²) < 4.78 is 0. The Balaban J connectivity index is 1.63. The van der Waals surface area contributed by atoms with Gasteiger partial charge in [0.2, 0.25) is 17.7 Å². The lowest BCUT2D eigenvalue weighted by atomic mass is 9.96. The van der Waals surface area contributed by atoms with Crippen molar-refractivity contribution in [3.63, 3.8) is 0 Å². The molecule has 1 aliphatic heterocycles. The molecule has 1 aromatic carbocycles. The summed E-state index contributed by atoms with van der Waals surface area (Å²) in [6.07, 6.45) is 3.63. The normalized spacial score (nSPS) is 20.1. The number of hydrogen-bond donors (Lipinski definition) is 2. The molecule has 1 heterocycles. The first-order valence-corrected chi connectivity index (χ1v) is 8.92. The van der Waals surface area contributed by atoms with Crippen LogP contribution in [0.15, 0.2) is 18.2 Å². The fourth-order valence-electron chi connectivity index (χ4n) is 3.25. The monoisotopic (exact) mass is 343 g/mol. The highest BCUT2D eigenvalue weighted by molar-refractivity contribution is 5.95. The Morgan fingerprint density at radius 1 is 1.08 bits per heavy atom. The maximum absolute atomic E-state index is 12.6. The summed E-state index contributed by atoms with van der Waals surface area (Å²) in [5.74, 6) is 0.0147. The molecule has 1 unspecified atom stereocenters. The van der Waals surface area contributed by atoms with E-state index in [-0.39, 0.29) is 29.6 Å². The standard InChI is InChI=1S/C19H25N3O3/c1-12-5-8-16(10-17(12)20-13(2)23)21-18(24)15-4-3-9-22(11-15)19(25)14-6-7-14/h5,8,10,14-15H,3-4,6-7,9,11H2,1-2H3,(H,20,23)(H,21,24). The fourth-order valence-corrected chi connectivity index (χ4v) is 3.25. The van der Waals surface area contributed by atoms with Gasteiger partial charge in [-0.3, -0.25) is 14.4 Å². The number of rotatable bonds is 4. The second-order valence-electron chi connectivity index (χ2n) is 7.10. The number of benzene rings is 1. The van der Waals surface area contributed by atoms with Gasteiger partial charge in [-0.1, -0.05) is 6.07 Å². The molecule has 2 fully saturated rings. The van der Waals surface area contributed by atoms with E-state index in [4.69, 9.17) is 0 Å². The van der Waals surface area contributed by atoms with Crippen LogP contribution in [0.25, 0.3) is 0 Å².